The Kier molecular flexibility index (Phi) is 5.35. The average molecular weight is 185 g/mol. The highest BCUT2D eigenvalue weighted by Crippen LogP contribution is 2.03. The molecule has 0 saturated heterocycles. The molecular formula is C10H19NO2. The molecule has 2 amide bonds. The first-order valence-electron chi connectivity index (χ1n) is 4.77. The van der Waals surface area contributed by atoms with Gasteiger partial charge in [-0.3, -0.25) is 14.9 Å². The summed E-state index contributed by atoms with van der Waals surface area (Å²) in [5.74, 6) is 0.0315. The van der Waals surface area contributed by atoms with Crippen LogP contribution in [0.5, 0.6) is 0 Å². The van der Waals surface area contributed by atoms with Gasteiger partial charge in [-0.15, -0.1) is 0 Å². The summed E-state index contributed by atoms with van der Waals surface area (Å²) in [4.78, 5) is 22.2. The maximum atomic E-state index is 11.1. The van der Waals surface area contributed by atoms with E-state index < -0.39 is 0 Å². The zero-order valence-corrected chi connectivity index (χ0v) is 8.89. The summed E-state index contributed by atoms with van der Waals surface area (Å²) in [6.07, 6.45) is 1.27. The molecule has 0 aromatic rings. The Labute approximate surface area is 79.9 Å². The van der Waals surface area contributed by atoms with Crippen LogP contribution in [0.15, 0.2) is 0 Å². The second kappa shape index (κ2) is 5.73. The number of amides is 2. The number of carbonyl (C=O) groups excluding carboxylic acids is 2. The van der Waals surface area contributed by atoms with E-state index in [4.69, 9.17) is 0 Å². The third-order valence-electron chi connectivity index (χ3n) is 1.74. The van der Waals surface area contributed by atoms with E-state index in [1.165, 1.54) is 0 Å². The van der Waals surface area contributed by atoms with Crippen LogP contribution in [-0.4, -0.2) is 11.8 Å². The molecule has 0 aromatic heterocycles. The Hall–Kier alpha value is -0.860. The summed E-state index contributed by atoms with van der Waals surface area (Å²) in [5.41, 5.74) is 0. The summed E-state index contributed by atoms with van der Waals surface area (Å²) in [6, 6.07) is 0. The molecule has 0 atom stereocenters. The lowest BCUT2D eigenvalue weighted by atomic mass is 10.1. The molecule has 0 fully saturated rings. The van der Waals surface area contributed by atoms with E-state index >= 15 is 0 Å². The minimum absolute atomic E-state index is 0.122. The van der Waals surface area contributed by atoms with Gasteiger partial charge in [0.25, 0.3) is 0 Å². The molecule has 3 heteroatoms. The van der Waals surface area contributed by atoms with Crippen LogP contribution in [0.4, 0.5) is 0 Å². The van der Waals surface area contributed by atoms with Crippen molar-refractivity contribution in [2.75, 3.05) is 0 Å². The molecule has 0 aliphatic heterocycles. The maximum absolute atomic E-state index is 11.1. The molecule has 0 aromatic carbocycles. The van der Waals surface area contributed by atoms with Gasteiger partial charge in [0.2, 0.25) is 11.8 Å². The fraction of sp³-hybridized carbons (Fsp3) is 0.800. The zero-order valence-electron chi connectivity index (χ0n) is 8.89. The molecular weight excluding hydrogens is 166 g/mol. The van der Waals surface area contributed by atoms with Gasteiger partial charge in [-0.2, -0.15) is 0 Å². The van der Waals surface area contributed by atoms with Crippen LogP contribution in [0.25, 0.3) is 0 Å². The van der Waals surface area contributed by atoms with Gasteiger partial charge in [-0.1, -0.05) is 27.7 Å². The van der Waals surface area contributed by atoms with Gasteiger partial charge in [0, 0.05) is 12.3 Å². The smallest absolute Gasteiger partial charge is 0.229 e. The topological polar surface area (TPSA) is 46.2 Å². The van der Waals surface area contributed by atoms with Gasteiger partial charge in [0.15, 0.2) is 0 Å². The molecule has 0 aliphatic rings. The van der Waals surface area contributed by atoms with E-state index in [9.17, 15) is 9.59 Å². The monoisotopic (exact) mass is 185 g/mol. The molecule has 0 heterocycles. The van der Waals surface area contributed by atoms with Gasteiger partial charge < -0.3 is 0 Å². The predicted octanol–water partition coefficient (Wildman–Crippen LogP) is 1.72. The first kappa shape index (κ1) is 12.1. The maximum Gasteiger partial charge on any atom is 0.229 e. The number of hydrogen-bond acceptors (Lipinski definition) is 2. The molecule has 0 bridgehead atoms. The lowest BCUT2D eigenvalue weighted by molar-refractivity contribution is -0.132. The molecule has 0 spiro atoms. The minimum atomic E-state index is -0.186. The largest absolute Gasteiger partial charge is 0.296 e. The molecule has 1 N–H and O–H groups in total. The average Bonchev–Trinajstić information content (AvgIpc) is 2.00. The van der Waals surface area contributed by atoms with E-state index in [0.717, 1.165) is 6.42 Å². The highest BCUT2D eigenvalue weighted by molar-refractivity contribution is 5.95. The Morgan fingerprint density at radius 2 is 1.69 bits per heavy atom. The van der Waals surface area contributed by atoms with Crippen molar-refractivity contribution in [3.8, 4) is 0 Å². The van der Waals surface area contributed by atoms with Crippen molar-refractivity contribution in [1.29, 1.82) is 0 Å². The predicted molar refractivity (Wildman–Crippen MR) is 52.1 cm³/mol. The van der Waals surface area contributed by atoms with Crippen LogP contribution in [0.2, 0.25) is 0 Å². The lowest BCUT2D eigenvalue weighted by Crippen LogP contribution is -2.33. The highest BCUT2D eigenvalue weighted by Gasteiger charge is 2.11. The Balaban J connectivity index is 3.69. The fourth-order valence-electron chi connectivity index (χ4n) is 0.764. The van der Waals surface area contributed by atoms with Crippen molar-refractivity contribution in [3.05, 3.63) is 0 Å². The zero-order chi connectivity index (χ0) is 10.4. The van der Waals surface area contributed by atoms with Gasteiger partial charge in [0.05, 0.1) is 0 Å². The van der Waals surface area contributed by atoms with Gasteiger partial charge in [0.1, 0.15) is 0 Å². The lowest BCUT2D eigenvalue weighted by Gasteiger charge is -2.07. The van der Waals surface area contributed by atoms with Crippen molar-refractivity contribution >= 4 is 11.8 Å². The van der Waals surface area contributed by atoms with E-state index in [2.05, 4.69) is 19.2 Å². The number of rotatable bonds is 4. The fourth-order valence-corrected chi connectivity index (χ4v) is 0.764. The van der Waals surface area contributed by atoms with Gasteiger partial charge in [-0.05, 0) is 12.3 Å². The standard InChI is InChI=1S/C10H19NO2/c1-7(2)5-6-9(12)11-10(13)8(3)4/h7-8H,5-6H2,1-4H3,(H,11,12,13). The summed E-state index contributed by atoms with van der Waals surface area (Å²) in [7, 11) is 0. The normalized spacial score (nSPS) is 10.6. The van der Waals surface area contributed by atoms with Crippen LogP contribution in [0.3, 0.4) is 0 Å². The second-order valence-corrected chi connectivity index (χ2v) is 4.00. The van der Waals surface area contributed by atoms with Crippen molar-refractivity contribution in [2.24, 2.45) is 11.8 Å². The molecule has 0 saturated carbocycles. The second-order valence-electron chi connectivity index (χ2n) is 4.00. The van der Waals surface area contributed by atoms with Crippen LogP contribution in [0, 0.1) is 11.8 Å². The van der Waals surface area contributed by atoms with Crippen molar-refractivity contribution in [2.45, 2.75) is 40.5 Å². The van der Waals surface area contributed by atoms with Crippen molar-refractivity contribution in [3.63, 3.8) is 0 Å². The van der Waals surface area contributed by atoms with E-state index in [0.29, 0.717) is 12.3 Å². The third kappa shape index (κ3) is 6.31. The Morgan fingerprint density at radius 1 is 1.15 bits per heavy atom. The molecule has 0 rings (SSSR count). The van der Waals surface area contributed by atoms with Crippen LogP contribution < -0.4 is 5.32 Å². The molecule has 0 radical (unpaired) electrons. The molecule has 3 nitrogen and oxygen atoms in total. The number of hydrogen-bond donors (Lipinski definition) is 1. The summed E-state index contributed by atoms with van der Waals surface area (Å²) >= 11 is 0. The summed E-state index contributed by atoms with van der Waals surface area (Å²) in [5, 5.41) is 2.36. The quantitative estimate of drug-likeness (QED) is 0.725. The van der Waals surface area contributed by atoms with Gasteiger partial charge >= 0.3 is 0 Å². The Morgan fingerprint density at radius 3 is 2.08 bits per heavy atom. The highest BCUT2D eigenvalue weighted by atomic mass is 16.2. The van der Waals surface area contributed by atoms with E-state index in [-0.39, 0.29) is 17.7 Å². The number of nitrogens with one attached hydrogen (secondary N) is 1. The minimum Gasteiger partial charge on any atom is -0.296 e. The Bertz CT molecular complexity index is 185. The van der Waals surface area contributed by atoms with Crippen LogP contribution >= 0.6 is 0 Å². The molecule has 0 unspecified atom stereocenters. The van der Waals surface area contributed by atoms with E-state index in [1.54, 1.807) is 13.8 Å². The molecule has 76 valence electrons. The van der Waals surface area contributed by atoms with Gasteiger partial charge in [-0.25, -0.2) is 0 Å². The number of imide groups is 1. The molecule has 13 heavy (non-hydrogen) atoms. The van der Waals surface area contributed by atoms with Crippen LogP contribution in [0.1, 0.15) is 40.5 Å². The van der Waals surface area contributed by atoms with Crippen LogP contribution in [-0.2, 0) is 9.59 Å². The first-order valence-corrected chi connectivity index (χ1v) is 4.77. The number of carbonyl (C=O) groups is 2. The molecule has 0 aliphatic carbocycles. The summed E-state index contributed by atoms with van der Waals surface area (Å²) in [6.45, 7) is 7.64. The first-order chi connectivity index (χ1) is 5.93. The third-order valence-corrected chi connectivity index (χ3v) is 1.74. The van der Waals surface area contributed by atoms with Crippen molar-refractivity contribution in [1.82, 2.24) is 5.32 Å². The summed E-state index contributed by atoms with van der Waals surface area (Å²) < 4.78 is 0. The SMILES string of the molecule is CC(C)CCC(=O)NC(=O)C(C)C. The van der Waals surface area contributed by atoms with Crippen molar-refractivity contribution < 1.29 is 9.59 Å². The van der Waals surface area contributed by atoms with E-state index in [1.807, 2.05) is 0 Å².